The first-order valence-electron chi connectivity index (χ1n) is 10.4. The number of carbonyl (C=O) groups excluding carboxylic acids is 1. The topological polar surface area (TPSA) is 127 Å². The Labute approximate surface area is 193 Å². The summed E-state index contributed by atoms with van der Waals surface area (Å²) in [5.74, 6) is -0.0380. The van der Waals surface area contributed by atoms with Crippen molar-refractivity contribution in [3.05, 3.63) is 46.5 Å². The molecule has 9 heteroatoms. The number of hydrazone groups is 1. The second-order valence-electron chi connectivity index (χ2n) is 8.36. The van der Waals surface area contributed by atoms with E-state index in [1.165, 1.54) is 0 Å². The summed E-state index contributed by atoms with van der Waals surface area (Å²) in [5, 5.41) is 34.9. The Hall–Kier alpha value is -2.68. The zero-order valence-corrected chi connectivity index (χ0v) is 19.4. The van der Waals surface area contributed by atoms with Crippen LogP contribution >= 0.6 is 11.6 Å². The zero-order valence-electron chi connectivity index (χ0n) is 18.7. The largest absolute Gasteiger partial charge is 0.505 e. The van der Waals surface area contributed by atoms with E-state index in [-0.39, 0.29) is 42.4 Å². The molecule has 1 amide bonds. The molecule has 1 aromatic rings. The Morgan fingerprint density at radius 3 is 2.69 bits per heavy atom. The predicted molar refractivity (Wildman–Crippen MR) is 128 cm³/mol. The lowest BCUT2D eigenvalue weighted by atomic mass is 9.84. The van der Waals surface area contributed by atoms with Crippen LogP contribution in [0.2, 0.25) is 0 Å². The number of benzene rings is 1. The maximum absolute atomic E-state index is 12.1. The van der Waals surface area contributed by atoms with Crippen molar-refractivity contribution in [1.82, 2.24) is 5.32 Å². The van der Waals surface area contributed by atoms with Crippen LogP contribution in [0.15, 0.2) is 40.5 Å². The van der Waals surface area contributed by atoms with Crippen LogP contribution in [0.3, 0.4) is 0 Å². The molecule has 1 aliphatic rings. The summed E-state index contributed by atoms with van der Waals surface area (Å²) in [5.41, 5.74) is 5.06. The fourth-order valence-corrected chi connectivity index (χ4v) is 3.16. The molecule has 0 aromatic heterocycles. The highest BCUT2D eigenvalue weighted by Gasteiger charge is 2.22. The van der Waals surface area contributed by atoms with E-state index in [0.717, 1.165) is 11.1 Å². The van der Waals surface area contributed by atoms with Crippen molar-refractivity contribution in [3.63, 3.8) is 0 Å². The number of aryl methyl sites for hydroxylation is 1. The average Bonchev–Trinajstić information content (AvgIpc) is 2.73. The van der Waals surface area contributed by atoms with Gasteiger partial charge in [0.15, 0.2) is 0 Å². The third-order valence-corrected chi connectivity index (χ3v) is 4.91. The van der Waals surface area contributed by atoms with Crippen LogP contribution in [0.4, 0.5) is 5.69 Å². The van der Waals surface area contributed by atoms with Crippen LogP contribution < -0.4 is 10.7 Å². The van der Waals surface area contributed by atoms with Crippen molar-refractivity contribution in [2.24, 2.45) is 5.10 Å². The van der Waals surface area contributed by atoms with Crippen molar-refractivity contribution < 1.29 is 19.7 Å². The Balaban J connectivity index is 2.14. The Kier molecular flexibility index (Phi) is 9.43. The van der Waals surface area contributed by atoms with E-state index in [1.807, 2.05) is 26.8 Å². The van der Waals surface area contributed by atoms with Gasteiger partial charge in [0.05, 0.1) is 31.2 Å². The van der Waals surface area contributed by atoms with Gasteiger partial charge in [-0.05, 0) is 41.7 Å². The molecule has 0 saturated carbocycles. The van der Waals surface area contributed by atoms with Gasteiger partial charge in [-0.3, -0.25) is 15.6 Å². The summed E-state index contributed by atoms with van der Waals surface area (Å²) in [4.78, 5) is 12.1. The number of ether oxygens (including phenoxy) is 1. The smallest absolute Gasteiger partial charge is 0.220 e. The number of hydrogen-bond donors (Lipinski definition) is 5. The van der Waals surface area contributed by atoms with E-state index in [0.29, 0.717) is 36.0 Å². The van der Waals surface area contributed by atoms with Gasteiger partial charge in [0.1, 0.15) is 11.5 Å². The maximum atomic E-state index is 12.1. The summed E-state index contributed by atoms with van der Waals surface area (Å²) in [7, 11) is 0. The standard InChI is InChI=1S/C23H31ClN4O4/c1-23(2,3)17-12-15(4-7-21(30)26-8-10-32-11-9-29)13-20(22(17)31)28-27-19-14-16(24)5-6-18(19)25/h5-6,12-14,25,28-29,31H,4,7-11H2,1-3H3,(H,26,30)/b25-18?,27-19-. The molecule has 0 bridgehead atoms. The van der Waals surface area contributed by atoms with Crippen LogP contribution in [-0.2, 0) is 21.4 Å². The third-order valence-electron chi connectivity index (χ3n) is 4.68. The molecule has 2 rings (SSSR count). The Morgan fingerprint density at radius 1 is 1.25 bits per heavy atom. The number of aliphatic hydroxyl groups is 1. The number of hydrogen-bond acceptors (Lipinski definition) is 7. The quantitative estimate of drug-likeness (QED) is 0.158. The number of anilines is 1. The van der Waals surface area contributed by atoms with E-state index >= 15 is 0 Å². The molecule has 0 saturated heterocycles. The fraction of sp³-hybridized carbons (Fsp3) is 0.435. The van der Waals surface area contributed by atoms with Crippen LogP contribution in [0.1, 0.15) is 38.3 Å². The van der Waals surface area contributed by atoms with Gasteiger partial charge < -0.3 is 20.3 Å². The number of aromatic hydroxyl groups is 1. The van der Waals surface area contributed by atoms with Gasteiger partial charge in [-0.25, -0.2) is 0 Å². The molecular formula is C23H31ClN4O4. The first kappa shape index (κ1) is 25.6. The molecule has 0 atom stereocenters. The lowest BCUT2D eigenvalue weighted by Crippen LogP contribution is -2.27. The molecule has 0 unspecified atom stereocenters. The van der Waals surface area contributed by atoms with Gasteiger partial charge in [0.25, 0.3) is 0 Å². The number of phenols is 1. The van der Waals surface area contributed by atoms with Crippen molar-refractivity contribution in [2.45, 2.75) is 39.0 Å². The van der Waals surface area contributed by atoms with Crippen LogP contribution in [0.5, 0.6) is 5.75 Å². The third kappa shape index (κ3) is 7.78. The number of allylic oxidation sites excluding steroid dienone is 4. The fourth-order valence-electron chi connectivity index (χ4n) is 2.99. The number of rotatable bonds is 10. The molecule has 5 N–H and O–H groups in total. The SMILES string of the molecule is CC(C)(C)c1cc(CCC(=O)NCCOCCO)cc(N/N=C2/C=C(Cl)C=CC2=N)c1O. The normalized spacial score (nSPS) is 15.1. The lowest BCUT2D eigenvalue weighted by molar-refractivity contribution is -0.121. The molecule has 0 spiro atoms. The maximum Gasteiger partial charge on any atom is 0.220 e. The van der Waals surface area contributed by atoms with Crippen molar-refractivity contribution >= 4 is 34.6 Å². The molecule has 32 heavy (non-hydrogen) atoms. The minimum absolute atomic E-state index is 0.0476. The molecule has 174 valence electrons. The first-order chi connectivity index (χ1) is 15.1. The zero-order chi connectivity index (χ0) is 23.7. The molecule has 8 nitrogen and oxygen atoms in total. The second kappa shape index (κ2) is 11.8. The minimum Gasteiger partial charge on any atom is -0.505 e. The number of nitrogens with one attached hydrogen (secondary N) is 3. The summed E-state index contributed by atoms with van der Waals surface area (Å²) >= 11 is 5.99. The summed E-state index contributed by atoms with van der Waals surface area (Å²) in [6.45, 7) is 6.89. The number of carbonyl (C=O) groups is 1. The number of halogens is 1. The highest BCUT2D eigenvalue weighted by Crippen LogP contribution is 2.37. The van der Waals surface area contributed by atoms with Gasteiger partial charge in [0.2, 0.25) is 5.91 Å². The van der Waals surface area contributed by atoms with Crippen LogP contribution in [0.25, 0.3) is 0 Å². The average molecular weight is 463 g/mol. The second-order valence-corrected chi connectivity index (χ2v) is 8.80. The van der Waals surface area contributed by atoms with Crippen LogP contribution in [-0.4, -0.2) is 53.9 Å². The summed E-state index contributed by atoms with van der Waals surface area (Å²) < 4.78 is 5.12. The highest BCUT2D eigenvalue weighted by atomic mass is 35.5. The predicted octanol–water partition coefficient (Wildman–Crippen LogP) is 3.23. The molecule has 0 fully saturated rings. The molecular weight excluding hydrogens is 432 g/mol. The van der Waals surface area contributed by atoms with Gasteiger partial charge in [-0.15, -0.1) is 0 Å². The summed E-state index contributed by atoms with van der Waals surface area (Å²) in [6.07, 6.45) is 5.48. The molecule has 0 radical (unpaired) electrons. The van der Waals surface area contributed by atoms with Gasteiger partial charge in [-0.2, -0.15) is 5.10 Å². The Bertz CT molecular complexity index is 933. The van der Waals surface area contributed by atoms with Crippen molar-refractivity contribution in [1.29, 1.82) is 5.41 Å². The Morgan fingerprint density at radius 2 is 2.00 bits per heavy atom. The molecule has 1 aromatic carbocycles. The van der Waals surface area contributed by atoms with Crippen LogP contribution in [0, 0.1) is 5.41 Å². The van der Waals surface area contributed by atoms with Crippen molar-refractivity contribution in [2.75, 3.05) is 31.8 Å². The van der Waals surface area contributed by atoms with Gasteiger partial charge >= 0.3 is 0 Å². The van der Waals surface area contributed by atoms with E-state index < -0.39 is 0 Å². The van der Waals surface area contributed by atoms with Crippen molar-refractivity contribution in [3.8, 4) is 5.75 Å². The number of amides is 1. The molecule has 0 aliphatic heterocycles. The minimum atomic E-state index is -0.334. The molecule has 1 aliphatic carbocycles. The van der Waals surface area contributed by atoms with E-state index in [2.05, 4.69) is 15.8 Å². The van der Waals surface area contributed by atoms with E-state index in [4.69, 9.17) is 26.9 Å². The molecule has 0 heterocycles. The lowest BCUT2D eigenvalue weighted by Gasteiger charge is -2.23. The highest BCUT2D eigenvalue weighted by molar-refractivity contribution is 6.52. The van der Waals surface area contributed by atoms with E-state index in [9.17, 15) is 9.90 Å². The monoisotopic (exact) mass is 462 g/mol. The first-order valence-corrected chi connectivity index (χ1v) is 10.8. The van der Waals surface area contributed by atoms with Gasteiger partial charge in [-0.1, -0.05) is 38.4 Å². The summed E-state index contributed by atoms with van der Waals surface area (Å²) in [6, 6.07) is 3.65. The number of aliphatic hydroxyl groups excluding tert-OH is 1. The number of nitrogens with zero attached hydrogens (tertiary/aromatic N) is 1. The van der Waals surface area contributed by atoms with Gasteiger partial charge in [0, 0.05) is 23.6 Å². The number of phenolic OH excluding ortho intramolecular Hbond substituents is 1. The van der Waals surface area contributed by atoms with E-state index in [1.54, 1.807) is 24.3 Å².